The number of hydrogen-bond donors (Lipinski definition) is 1. The van der Waals surface area contributed by atoms with E-state index < -0.39 is 10.0 Å². The van der Waals surface area contributed by atoms with E-state index in [2.05, 4.69) is 14.9 Å². The second-order valence-corrected chi connectivity index (χ2v) is 14.3. The second-order valence-electron chi connectivity index (χ2n) is 12.3. The first-order valence-corrected chi connectivity index (χ1v) is 17.3. The molecule has 46 heavy (non-hydrogen) atoms. The molecule has 2 aliphatic carbocycles. The maximum absolute atomic E-state index is 14.8. The first-order valence-electron chi connectivity index (χ1n) is 15.4. The van der Waals surface area contributed by atoms with Gasteiger partial charge in [-0.1, -0.05) is 6.07 Å². The predicted octanol–water partition coefficient (Wildman–Crippen LogP) is 6.47. The fraction of sp³-hybridized carbons (Fsp3) is 0.286. The molecule has 8 rings (SSSR count). The highest BCUT2D eigenvalue weighted by Gasteiger charge is 2.30. The third-order valence-corrected chi connectivity index (χ3v) is 10.6. The third-order valence-electron chi connectivity index (χ3n) is 9.41. The second kappa shape index (κ2) is 10.4. The van der Waals surface area contributed by atoms with Crippen molar-refractivity contribution in [3.63, 3.8) is 0 Å². The Labute approximate surface area is 265 Å². The van der Waals surface area contributed by atoms with Crippen LogP contribution < -0.4 is 9.62 Å². The highest BCUT2D eigenvalue weighted by molar-refractivity contribution is 7.92. The summed E-state index contributed by atoms with van der Waals surface area (Å²) in [6.45, 7) is 0.740. The number of carbonyl (C=O) groups is 1. The molecule has 1 amide bonds. The Kier molecular flexibility index (Phi) is 6.47. The van der Waals surface area contributed by atoms with E-state index in [1.54, 1.807) is 31.5 Å². The van der Waals surface area contributed by atoms with Gasteiger partial charge in [-0.2, -0.15) is 0 Å². The standard InChI is InChI=1S/C35H32FN5O4S/c1-37-35(42)32-24-15-23(27-12-9-20-13-14-41-28-6-4-5-25(36)22(28)16-30(41)33(20)39-27)29(40(2)46(3,43)44)17-31(24)45-34(32)21-10-11-26(38-18-21)19-7-8-19/h5,9-12,15-19H,4,6-8,13-14H2,1-3H3,(H,37,42). The lowest BCUT2D eigenvalue weighted by Gasteiger charge is -2.23. The number of aromatic nitrogens is 3. The average Bonchev–Trinajstić information content (AvgIpc) is 3.73. The summed E-state index contributed by atoms with van der Waals surface area (Å²) >= 11 is 0. The quantitative estimate of drug-likeness (QED) is 0.229. The SMILES string of the molecule is CNC(=O)c1c(-c2ccc(C3CC3)nc2)oc2cc(N(C)S(C)(=O)=O)c(-c3ccc4c(n3)-c3cc5c(n3CC4)CCC=C5F)cc12. The number of rotatable bonds is 6. The van der Waals surface area contributed by atoms with E-state index >= 15 is 0 Å². The Morgan fingerprint density at radius 2 is 1.93 bits per heavy atom. The third kappa shape index (κ3) is 4.55. The van der Waals surface area contributed by atoms with Crippen molar-refractivity contribution in [3.05, 3.63) is 82.8 Å². The summed E-state index contributed by atoms with van der Waals surface area (Å²) in [5.41, 5.74) is 7.96. The van der Waals surface area contributed by atoms with Crippen LogP contribution in [0.2, 0.25) is 0 Å². The molecule has 9 nitrogen and oxygen atoms in total. The summed E-state index contributed by atoms with van der Waals surface area (Å²) in [6, 6.07) is 13.1. The highest BCUT2D eigenvalue weighted by atomic mass is 32.2. The molecule has 11 heteroatoms. The Morgan fingerprint density at radius 3 is 2.65 bits per heavy atom. The molecule has 4 aromatic heterocycles. The summed E-state index contributed by atoms with van der Waals surface area (Å²) < 4.78 is 50.3. The molecule has 0 atom stereocenters. The zero-order chi connectivity index (χ0) is 31.9. The lowest BCUT2D eigenvalue weighted by Crippen LogP contribution is -2.25. The molecule has 1 fully saturated rings. The molecule has 0 spiro atoms. The minimum Gasteiger partial charge on any atom is -0.455 e. The minimum absolute atomic E-state index is 0.210. The van der Waals surface area contributed by atoms with Gasteiger partial charge in [0.25, 0.3) is 5.91 Å². The van der Waals surface area contributed by atoms with Crippen LogP contribution >= 0.6 is 0 Å². The first kappa shape index (κ1) is 28.7. The van der Waals surface area contributed by atoms with Gasteiger partial charge in [0, 0.05) is 72.3 Å². The predicted molar refractivity (Wildman–Crippen MR) is 176 cm³/mol. The number of nitrogens with one attached hydrogen (secondary N) is 1. The smallest absolute Gasteiger partial charge is 0.255 e. The number of sulfonamides is 1. The summed E-state index contributed by atoms with van der Waals surface area (Å²) in [5.74, 6) is 0.282. The van der Waals surface area contributed by atoms with Crippen molar-refractivity contribution in [3.8, 4) is 34.0 Å². The van der Waals surface area contributed by atoms with E-state index in [9.17, 15) is 17.6 Å². The molecule has 5 aromatic rings. The minimum atomic E-state index is -3.69. The highest BCUT2D eigenvalue weighted by Crippen LogP contribution is 2.44. The van der Waals surface area contributed by atoms with Crippen molar-refractivity contribution in [2.24, 2.45) is 0 Å². The van der Waals surface area contributed by atoms with Gasteiger partial charge in [-0.25, -0.2) is 17.8 Å². The van der Waals surface area contributed by atoms with Gasteiger partial charge in [-0.15, -0.1) is 0 Å². The average molecular weight is 638 g/mol. The number of halogens is 1. The van der Waals surface area contributed by atoms with Crippen LogP contribution in [-0.2, 0) is 29.4 Å². The van der Waals surface area contributed by atoms with E-state index in [0.29, 0.717) is 62.7 Å². The van der Waals surface area contributed by atoms with Crippen molar-refractivity contribution >= 4 is 38.4 Å². The normalized spacial score (nSPS) is 15.6. The van der Waals surface area contributed by atoms with Crippen LogP contribution in [0.15, 0.2) is 59.2 Å². The largest absolute Gasteiger partial charge is 0.455 e. The molecule has 3 aliphatic rings. The molecule has 1 saturated carbocycles. The number of anilines is 1. The Hall–Kier alpha value is -4.77. The Balaban J connectivity index is 1.34. The van der Waals surface area contributed by atoms with Gasteiger partial charge in [0.1, 0.15) is 17.2 Å². The van der Waals surface area contributed by atoms with Crippen molar-refractivity contribution in [2.75, 3.05) is 24.7 Å². The molecule has 0 unspecified atom stereocenters. The number of carbonyl (C=O) groups excluding carboxylic acids is 1. The number of allylic oxidation sites excluding steroid dienone is 1. The van der Waals surface area contributed by atoms with Gasteiger partial charge in [0.05, 0.1) is 34.6 Å². The number of benzene rings is 1. The molecular formula is C35H32FN5O4S. The van der Waals surface area contributed by atoms with Crippen LogP contribution in [0.1, 0.15) is 58.1 Å². The number of nitrogens with zero attached hydrogens (tertiary/aromatic N) is 4. The van der Waals surface area contributed by atoms with Gasteiger partial charge in [-0.3, -0.25) is 14.1 Å². The molecule has 0 radical (unpaired) electrons. The van der Waals surface area contributed by atoms with Crippen molar-refractivity contribution < 1.29 is 22.0 Å². The summed E-state index contributed by atoms with van der Waals surface area (Å²) in [7, 11) is -0.648. The fourth-order valence-electron chi connectivity index (χ4n) is 6.75. The Morgan fingerprint density at radius 1 is 1.11 bits per heavy atom. The van der Waals surface area contributed by atoms with E-state index in [4.69, 9.17) is 9.40 Å². The maximum Gasteiger partial charge on any atom is 0.255 e. The number of fused-ring (bicyclic) bond motifs is 6. The molecule has 1 N–H and O–H groups in total. The van der Waals surface area contributed by atoms with Gasteiger partial charge < -0.3 is 14.3 Å². The van der Waals surface area contributed by atoms with Crippen LogP contribution in [0.25, 0.3) is 50.8 Å². The molecule has 0 saturated heterocycles. The molecule has 1 aromatic carbocycles. The zero-order valence-electron chi connectivity index (χ0n) is 25.7. The van der Waals surface area contributed by atoms with E-state index in [1.165, 1.54) is 11.4 Å². The Bertz CT molecular complexity index is 2230. The lowest BCUT2D eigenvalue weighted by molar-refractivity contribution is 0.0964. The molecule has 234 valence electrons. The monoisotopic (exact) mass is 637 g/mol. The molecule has 0 bridgehead atoms. The van der Waals surface area contributed by atoms with Crippen LogP contribution in [-0.4, -0.2) is 49.2 Å². The van der Waals surface area contributed by atoms with Crippen molar-refractivity contribution in [2.45, 2.75) is 44.6 Å². The molecule has 5 heterocycles. The summed E-state index contributed by atoms with van der Waals surface area (Å²) in [5, 5.41) is 3.25. The van der Waals surface area contributed by atoms with Gasteiger partial charge in [0.15, 0.2) is 0 Å². The number of hydrogen-bond acceptors (Lipinski definition) is 6. The number of pyridine rings is 2. The van der Waals surface area contributed by atoms with E-state index in [0.717, 1.165) is 66.8 Å². The number of aryl methyl sites for hydroxylation is 1. The summed E-state index contributed by atoms with van der Waals surface area (Å²) in [6.07, 6.45) is 8.90. The van der Waals surface area contributed by atoms with E-state index in [-0.39, 0.29) is 11.7 Å². The van der Waals surface area contributed by atoms with E-state index in [1.807, 2.05) is 30.3 Å². The van der Waals surface area contributed by atoms with Crippen LogP contribution in [0.3, 0.4) is 0 Å². The zero-order valence-corrected chi connectivity index (χ0v) is 26.5. The maximum atomic E-state index is 14.8. The van der Waals surface area contributed by atoms with Gasteiger partial charge >= 0.3 is 0 Å². The van der Waals surface area contributed by atoms with Crippen LogP contribution in [0.4, 0.5) is 10.1 Å². The van der Waals surface area contributed by atoms with Crippen molar-refractivity contribution in [1.29, 1.82) is 0 Å². The van der Waals surface area contributed by atoms with Crippen LogP contribution in [0.5, 0.6) is 0 Å². The summed E-state index contributed by atoms with van der Waals surface area (Å²) in [4.78, 5) is 23.1. The molecular weight excluding hydrogens is 605 g/mol. The van der Waals surface area contributed by atoms with Crippen LogP contribution in [0, 0.1) is 0 Å². The number of amides is 1. The lowest BCUT2D eigenvalue weighted by atomic mass is 9.98. The van der Waals surface area contributed by atoms with Gasteiger partial charge in [-0.05, 0) is 74.1 Å². The molecule has 1 aliphatic heterocycles. The topological polar surface area (TPSA) is 110 Å². The van der Waals surface area contributed by atoms with Crippen molar-refractivity contribution in [1.82, 2.24) is 19.9 Å². The van der Waals surface area contributed by atoms with Gasteiger partial charge in [0.2, 0.25) is 10.0 Å². The first-order chi connectivity index (χ1) is 22.1. The number of furan rings is 1. The fourth-order valence-corrected chi connectivity index (χ4v) is 7.25.